The molecule has 2 saturated heterocycles. The molecule has 3 aromatic rings. The van der Waals surface area contributed by atoms with Crippen LogP contribution < -0.4 is 21.4 Å². The van der Waals surface area contributed by atoms with Gasteiger partial charge in [0.25, 0.3) is 0 Å². The maximum absolute atomic E-state index is 12.9. The van der Waals surface area contributed by atoms with Crippen molar-refractivity contribution >= 4 is 45.1 Å². The van der Waals surface area contributed by atoms with Crippen molar-refractivity contribution in [1.82, 2.24) is 9.88 Å². The van der Waals surface area contributed by atoms with Gasteiger partial charge < -0.3 is 20.7 Å². The summed E-state index contributed by atoms with van der Waals surface area (Å²) in [5.74, 6) is -0.0504. The number of anilines is 5. The number of benzene rings is 2. The van der Waals surface area contributed by atoms with Gasteiger partial charge in [-0.2, -0.15) is 0 Å². The Morgan fingerprint density at radius 2 is 1.80 bits per heavy atom. The molecule has 0 atom stereocenters. The number of morpholine rings is 1. The molecule has 0 bridgehead atoms. The van der Waals surface area contributed by atoms with Crippen molar-refractivity contribution in [3.63, 3.8) is 0 Å². The summed E-state index contributed by atoms with van der Waals surface area (Å²) in [5, 5.41) is 12.9. The average Bonchev–Trinajstić information content (AvgIpc) is 3.29. The van der Waals surface area contributed by atoms with Crippen LogP contribution >= 0.6 is 11.3 Å². The first-order valence-electron chi connectivity index (χ1n) is 11.9. The fourth-order valence-corrected chi connectivity index (χ4v) is 5.59. The van der Waals surface area contributed by atoms with E-state index in [9.17, 15) is 4.79 Å². The van der Waals surface area contributed by atoms with E-state index in [0.717, 1.165) is 45.1 Å². The number of nitrogens with zero attached hydrogens (tertiary/aromatic N) is 3. The minimum absolute atomic E-state index is 0.185. The van der Waals surface area contributed by atoms with Crippen molar-refractivity contribution < 1.29 is 14.7 Å². The van der Waals surface area contributed by atoms with E-state index in [-0.39, 0.29) is 11.6 Å². The number of ether oxygens (including phenoxy) is 1. The minimum Gasteiger partial charge on any atom is -0.382 e. The summed E-state index contributed by atoms with van der Waals surface area (Å²) in [6.07, 6.45) is 2.35. The van der Waals surface area contributed by atoms with Gasteiger partial charge in [0.1, 0.15) is 10.7 Å². The molecule has 5 N–H and O–H groups in total. The lowest BCUT2D eigenvalue weighted by Gasteiger charge is -2.40. The van der Waals surface area contributed by atoms with Crippen LogP contribution in [0.1, 0.15) is 28.1 Å². The van der Waals surface area contributed by atoms with Crippen LogP contribution in [-0.4, -0.2) is 66.3 Å². The number of nitrogens with one attached hydrogen (secondary N) is 2. The van der Waals surface area contributed by atoms with E-state index in [1.165, 1.54) is 29.9 Å². The van der Waals surface area contributed by atoms with Gasteiger partial charge in [0, 0.05) is 49.2 Å². The number of hydrogen-bond donors (Lipinski definition) is 4. The van der Waals surface area contributed by atoms with Crippen LogP contribution in [0.3, 0.4) is 0 Å². The Kier molecular flexibility index (Phi) is 7.14. The molecule has 5 rings (SSSR count). The number of carbonyl (C=O) groups excluding carboxylic acids is 1. The molecule has 0 saturated carbocycles. The van der Waals surface area contributed by atoms with Crippen LogP contribution in [0.15, 0.2) is 48.5 Å². The summed E-state index contributed by atoms with van der Waals surface area (Å²) >= 11 is 1.21. The van der Waals surface area contributed by atoms with E-state index in [1.54, 1.807) is 24.3 Å². The standard InChI is InChI=1S/C25H30N6O3S/c26-24-23(22(32)17-2-1-3-19(16-17)29-33)35-25(28-24)27-18-4-6-20(7-5-18)30-10-8-21(9-11-30)31-12-14-34-15-13-31/h1-7,16,21,29,33H,8-15,26H2,(H,27,28). The molecule has 0 spiro atoms. The topological polar surface area (TPSA) is 116 Å². The zero-order valence-electron chi connectivity index (χ0n) is 19.4. The molecule has 0 unspecified atom stereocenters. The molecule has 3 heterocycles. The van der Waals surface area contributed by atoms with Gasteiger partial charge in [-0.05, 0) is 49.2 Å². The number of aromatic nitrogens is 1. The van der Waals surface area contributed by atoms with E-state index in [2.05, 4.69) is 37.7 Å². The minimum atomic E-state index is -0.235. The van der Waals surface area contributed by atoms with Crippen molar-refractivity contribution in [2.45, 2.75) is 18.9 Å². The highest BCUT2D eigenvalue weighted by Gasteiger charge is 2.26. The summed E-state index contributed by atoms with van der Waals surface area (Å²) in [7, 11) is 0. The van der Waals surface area contributed by atoms with Crippen LogP contribution in [0.4, 0.5) is 28.0 Å². The molecule has 2 fully saturated rings. The number of carbonyl (C=O) groups is 1. The molecule has 9 nitrogen and oxygen atoms in total. The molecule has 1 aromatic heterocycles. The molecule has 0 amide bonds. The highest BCUT2D eigenvalue weighted by atomic mass is 32.1. The Hall–Kier alpha value is -3.18. The average molecular weight is 495 g/mol. The second-order valence-corrected chi connectivity index (χ2v) is 9.79. The van der Waals surface area contributed by atoms with E-state index in [4.69, 9.17) is 15.7 Å². The Labute approximate surface area is 208 Å². The molecule has 2 aliphatic heterocycles. The maximum atomic E-state index is 12.9. The zero-order chi connectivity index (χ0) is 24.2. The smallest absolute Gasteiger partial charge is 0.206 e. The summed E-state index contributed by atoms with van der Waals surface area (Å²) in [4.78, 5) is 22.6. The fraction of sp³-hybridized carbons (Fsp3) is 0.360. The predicted octanol–water partition coefficient (Wildman–Crippen LogP) is 3.80. The summed E-state index contributed by atoms with van der Waals surface area (Å²) in [6, 6.07) is 15.5. The van der Waals surface area contributed by atoms with Crippen LogP contribution in [0, 0.1) is 0 Å². The second-order valence-electron chi connectivity index (χ2n) is 8.79. The van der Waals surface area contributed by atoms with Crippen molar-refractivity contribution in [3.05, 3.63) is 59.0 Å². The van der Waals surface area contributed by atoms with Crippen molar-refractivity contribution in [2.75, 3.05) is 60.8 Å². The Morgan fingerprint density at radius 1 is 1.06 bits per heavy atom. The summed E-state index contributed by atoms with van der Waals surface area (Å²) in [6.45, 7) is 5.90. The highest BCUT2D eigenvalue weighted by Crippen LogP contribution is 2.31. The summed E-state index contributed by atoms with van der Waals surface area (Å²) < 4.78 is 5.49. The SMILES string of the molecule is Nc1nc(Nc2ccc(N3CCC(N4CCOCC4)CC3)cc2)sc1C(=O)c1cccc(NO)c1. The molecule has 2 aliphatic rings. The van der Waals surface area contributed by atoms with Gasteiger partial charge in [0.2, 0.25) is 5.78 Å². The summed E-state index contributed by atoms with van der Waals surface area (Å²) in [5.41, 5.74) is 11.1. The first-order valence-corrected chi connectivity index (χ1v) is 12.7. The third kappa shape index (κ3) is 5.40. The molecule has 10 heteroatoms. The molecule has 35 heavy (non-hydrogen) atoms. The third-order valence-electron chi connectivity index (χ3n) is 6.62. The number of piperidine rings is 1. The van der Waals surface area contributed by atoms with Gasteiger partial charge in [-0.15, -0.1) is 0 Å². The van der Waals surface area contributed by atoms with Crippen molar-refractivity contribution in [1.29, 1.82) is 0 Å². The monoisotopic (exact) mass is 494 g/mol. The maximum Gasteiger partial charge on any atom is 0.206 e. The first-order chi connectivity index (χ1) is 17.1. The number of rotatable bonds is 7. The van der Waals surface area contributed by atoms with E-state index < -0.39 is 0 Å². The second kappa shape index (κ2) is 10.6. The fourth-order valence-electron chi connectivity index (χ4n) is 4.72. The number of nitrogens with two attached hydrogens (primary N) is 1. The lowest BCUT2D eigenvalue weighted by molar-refractivity contribution is 0.0115. The third-order valence-corrected chi connectivity index (χ3v) is 7.61. The lowest BCUT2D eigenvalue weighted by Crippen LogP contribution is -2.49. The molecular weight excluding hydrogens is 464 g/mol. The number of ketones is 1. The van der Waals surface area contributed by atoms with Gasteiger partial charge in [-0.25, -0.2) is 4.98 Å². The predicted molar refractivity (Wildman–Crippen MR) is 139 cm³/mol. The normalized spacial score (nSPS) is 17.3. The first kappa shape index (κ1) is 23.6. The van der Waals surface area contributed by atoms with Crippen LogP contribution in [0.25, 0.3) is 0 Å². The quantitative estimate of drug-likeness (QED) is 0.287. The van der Waals surface area contributed by atoms with E-state index in [1.807, 2.05) is 12.1 Å². The Balaban J connectivity index is 1.20. The van der Waals surface area contributed by atoms with Gasteiger partial charge >= 0.3 is 0 Å². The van der Waals surface area contributed by atoms with Gasteiger partial charge in [-0.1, -0.05) is 23.5 Å². The van der Waals surface area contributed by atoms with Crippen molar-refractivity contribution in [3.8, 4) is 0 Å². The van der Waals surface area contributed by atoms with E-state index in [0.29, 0.717) is 27.3 Å². The van der Waals surface area contributed by atoms with Crippen LogP contribution in [0.2, 0.25) is 0 Å². The number of nitrogen functional groups attached to an aromatic ring is 1. The Morgan fingerprint density at radius 3 is 2.51 bits per heavy atom. The molecular formula is C25H30N6O3S. The van der Waals surface area contributed by atoms with Gasteiger partial charge in [0.05, 0.1) is 18.9 Å². The lowest BCUT2D eigenvalue weighted by atomic mass is 10.0. The zero-order valence-corrected chi connectivity index (χ0v) is 20.3. The van der Waals surface area contributed by atoms with E-state index >= 15 is 0 Å². The largest absolute Gasteiger partial charge is 0.382 e. The molecule has 2 aromatic carbocycles. The Bertz CT molecular complexity index is 1150. The van der Waals surface area contributed by atoms with Crippen LogP contribution in [-0.2, 0) is 4.74 Å². The van der Waals surface area contributed by atoms with Crippen LogP contribution in [0.5, 0.6) is 0 Å². The highest BCUT2D eigenvalue weighted by molar-refractivity contribution is 7.18. The molecule has 0 radical (unpaired) electrons. The molecule has 0 aliphatic carbocycles. The number of hydrogen-bond acceptors (Lipinski definition) is 10. The van der Waals surface area contributed by atoms with Gasteiger partial charge in [0.15, 0.2) is 5.13 Å². The van der Waals surface area contributed by atoms with Gasteiger partial charge in [-0.3, -0.25) is 20.4 Å². The molecule has 184 valence electrons. The van der Waals surface area contributed by atoms with Crippen molar-refractivity contribution in [2.24, 2.45) is 0 Å². The number of thiazole rings is 1.